The molecule has 8 heteroatoms. The molecule has 0 fully saturated rings. The van der Waals surface area contributed by atoms with Crippen LogP contribution in [0.5, 0.6) is 0 Å². The molecule has 0 aliphatic rings. The van der Waals surface area contributed by atoms with Crippen molar-refractivity contribution in [3.05, 3.63) is 52.1 Å². The Morgan fingerprint density at radius 1 is 1.47 bits per heavy atom. The topological polar surface area (TPSA) is 103 Å². The second-order valence-corrected chi connectivity index (χ2v) is 4.89. The number of benzene rings is 1. The minimum absolute atomic E-state index is 0.0517. The fraction of sp³-hybridized carbons (Fsp3) is 0.111. The maximum absolute atomic E-state index is 10.1. The molecule has 1 rings (SSSR count). The van der Waals surface area contributed by atoms with Gasteiger partial charge < -0.3 is 0 Å². The molecule has 0 radical (unpaired) electrons. The first-order valence-electron chi connectivity index (χ1n) is 4.28. The molecule has 0 aliphatic heterocycles. The van der Waals surface area contributed by atoms with Crippen LogP contribution in [0.15, 0.2) is 36.9 Å². The third-order valence-corrected chi connectivity index (χ3v) is 2.42. The molecule has 0 spiro atoms. The summed E-state index contributed by atoms with van der Waals surface area (Å²) in [4.78, 5) is 9.63. The molecule has 0 heterocycles. The maximum Gasteiger partial charge on any atom is 0.287 e. The number of nitrogens with zero attached hydrogens (tertiary/aromatic N) is 1. The summed E-state index contributed by atoms with van der Waals surface area (Å²) in [5.74, 6) is -0.146. The van der Waals surface area contributed by atoms with Crippen LogP contribution in [0.1, 0.15) is 0 Å². The summed E-state index contributed by atoms with van der Waals surface area (Å²) in [6.07, 6.45) is 1.25. The number of nitrogens with two attached hydrogens (primary N) is 1. The Labute approximate surface area is 104 Å². The van der Waals surface area contributed by atoms with E-state index in [1.165, 1.54) is 18.2 Å². The van der Waals surface area contributed by atoms with Crippen molar-refractivity contribution in [2.24, 2.45) is 5.14 Å². The van der Waals surface area contributed by atoms with Crippen molar-refractivity contribution in [1.29, 1.82) is 0 Å². The van der Waals surface area contributed by atoms with E-state index in [4.69, 9.17) is 11.6 Å². The van der Waals surface area contributed by atoms with Crippen LogP contribution in [0.4, 0.5) is 5.69 Å². The second kappa shape index (κ2) is 7.00. The largest absolute Gasteiger partial charge is 0.287 e. The van der Waals surface area contributed by atoms with E-state index in [0.29, 0.717) is 0 Å². The zero-order chi connectivity index (χ0) is 13.5. The fourth-order valence-corrected chi connectivity index (χ4v) is 1.30. The Morgan fingerprint density at radius 3 is 2.24 bits per heavy atom. The Hall–Kier alpha value is -1.44. The third-order valence-electron chi connectivity index (χ3n) is 1.40. The van der Waals surface area contributed by atoms with E-state index in [9.17, 15) is 18.5 Å². The lowest BCUT2D eigenvalue weighted by atomic mass is 10.3. The number of hydrogen-bond acceptors (Lipinski definition) is 4. The molecule has 2 N–H and O–H groups in total. The lowest BCUT2D eigenvalue weighted by Gasteiger charge is -1.90. The summed E-state index contributed by atoms with van der Waals surface area (Å²) in [5, 5.41) is 14.9. The van der Waals surface area contributed by atoms with Crippen LogP contribution >= 0.6 is 11.6 Å². The van der Waals surface area contributed by atoms with Crippen LogP contribution in [0.25, 0.3) is 0 Å². The lowest BCUT2D eigenvalue weighted by molar-refractivity contribution is -0.384. The van der Waals surface area contributed by atoms with E-state index in [1.54, 1.807) is 12.1 Å². The summed E-state index contributed by atoms with van der Waals surface area (Å²) >= 11 is 5.48. The number of nitro groups is 1. The van der Waals surface area contributed by atoms with Crippen molar-refractivity contribution in [2.75, 3.05) is 5.75 Å². The summed E-state index contributed by atoms with van der Waals surface area (Å²) < 4.78 is 19.9. The summed E-state index contributed by atoms with van der Waals surface area (Å²) in [5.41, 5.74) is -0.0517. The number of halogens is 1. The highest BCUT2D eigenvalue weighted by Gasteiger charge is 2.08. The number of hydrogen-bond donors (Lipinski definition) is 1. The Bertz CT molecular complexity index is 501. The van der Waals surface area contributed by atoms with Crippen LogP contribution in [-0.2, 0) is 10.0 Å². The van der Waals surface area contributed by atoms with Crippen molar-refractivity contribution in [3.8, 4) is 0 Å². The average Bonchev–Trinajstić information content (AvgIpc) is 2.16. The molecule has 17 heavy (non-hydrogen) atoms. The van der Waals surface area contributed by atoms with Gasteiger partial charge in [-0.2, -0.15) is 0 Å². The number of sulfonamides is 1. The lowest BCUT2D eigenvalue weighted by Crippen LogP contribution is -2.14. The van der Waals surface area contributed by atoms with Crippen molar-refractivity contribution < 1.29 is 13.3 Å². The molecule has 1 aromatic carbocycles. The Balaban J connectivity index is 0.000000325. The molecule has 0 saturated heterocycles. The van der Waals surface area contributed by atoms with Gasteiger partial charge in [-0.1, -0.05) is 29.8 Å². The first-order chi connectivity index (χ1) is 7.78. The molecule has 0 unspecified atom stereocenters. The predicted octanol–water partition coefficient (Wildman–Crippen LogP) is 1.71. The van der Waals surface area contributed by atoms with E-state index in [0.717, 1.165) is 0 Å². The maximum atomic E-state index is 10.1. The van der Waals surface area contributed by atoms with Gasteiger partial charge in [0.2, 0.25) is 10.0 Å². The van der Waals surface area contributed by atoms with Gasteiger partial charge in [-0.25, -0.2) is 13.6 Å². The smallest absolute Gasteiger partial charge is 0.258 e. The highest BCUT2D eigenvalue weighted by Crippen LogP contribution is 2.21. The van der Waals surface area contributed by atoms with Gasteiger partial charge in [0.25, 0.3) is 5.69 Å². The first kappa shape index (κ1) is 15.6. The standard InChI is InChI=1S/C6H4ClNO2.C3H7NO2S/c7-5-3-1-2-4-6(5)8(9)10;1-2-3-7(4,5)6/h1-4H;2H,1,3H2,(H2,4,5,6). The quantitative estimate of drug-likeness (QED) is 0.516. The van der Waals surface area contributed by atoms with Crippen LogP contribution < -0.4 is 5.14 Å². The van der Waals surface area contributed by atoms with Crippen LogP contribution in [0.3, 0.4) is 0 Å². The Morgan fingerprint density at radius 2 is 2.00 bits per heavy atom. The van der Waals surface area contributed by atoms with E-state index in [-0.39, 0.29) is 16.5 Å². The first-order valence-corrected chi connectivity index (χ1v) is 6.37. The van der Waals surface area contributed by atoms with Crippen molar-refractivity contribution in [1.82, 2.24) is 0 Å². The zero-order valence-corrected chi connectivity index (χ0v) is 10.3. The molecular formula is C9H11ClN2O4S. The van der Waals surface area contributed by atoms with E-state index < -0.39 is 14.9 Å². The average molecular weight is 279 g/mol. The van der Waals surface area contributed by atoms with Gasteiger partial charge in [0.05, 0.1) is 10.7 Å². The monoisotopic (exact) mass is 278 g/mol. The van der Waals surface area contributed by atoms with Gasteiger partial charge in [-0.3, -0.25) is 10.1 Å². The molecule has 1 aromatic rings. The van der Waals surface area contributed by atoms with E-state index in [2.05, 4.69) is 11.7 Å². The van der Waals surface area contributed by atoms with Gasteiger partial charge in [-0.15, -0.1) is 6.58 Å². The van der Waals surface area contributed by atoms with E-state index >= 15 is 0 Å². The second-order valence-electron chi connectivity index (χ2n) is 2.83. The van der Waals surface area contributed by atoms with Gasteiger partial charge in [0.15, 0.2) is 0 Å². The zero-order valence-electron chi connectivity index (χ0n) is 8.74. The van der Waals surface area contributed by atoms with Crippen LogP contribution in [0, 0.1) is 10.1 Å². The SMILES string of the molecule is C=CCS(N)(=O)=O.O=[N+]([O-])c1ccccc1Cl. The van der Waals surface area contributed by atoms with Crippen molar-refractivity contribution in [3.63, 3.8) is 0 Å². The molecule has 0 amide bonds. The molecular weight excluding hydrogens is 268 g/mol. The minimum Gasteiger partial charge on any atom is -0.258 e. The fourth-order valence-electron chi connectivity index (χ4n) is 0.764. The molecule has 0 saturated carbocycles. The number of primary sulfonamides is 1. The van der Waals surface area contributed by atoms with Gasteiger partial charge >= 0.3 is 0 Å². The van der Waals surface area contributed by atoms with Crippen LogP contribution in [0.2, 0.25) is 5.02 Å². The van der Waals surface area contributed by atoms with Gasteiger partial charge in [-0.05, 0) is 6.07 Å². The number of nitro benzene ring substituents is 1. The highest BCUT2D eigenvalue weighted by atomic mass is 35.5. The minimum atomic E-state index is -3.29. The molecule has 0 aromatic heterocycles. The van der Waals surface area contributed by atoms with Crippen molar-refractivity contribution >= 4 is 27.3 Å². The molecule has 94 valence electrons. The summed E-state index contributed by atoms with van der Waals surface area (Å²) in [7, 11) is -3.29. The predicted molar refractivity (Wildman–Crippen MR) is 66.3 cm³/mol. The van der Waals surface area contributed by atoms with Crippen LogP contribution in [-0.4, -0.2) is 19.1 Å². The third kappa shape index (κ3) is 7.45. The number of para-hydroxylation sites is 1. The van der Waals surface area contributed by atoms with Crippen molar-refractivity contribution in [2.45, 2.75) is 0 Å². The normalized spacial score (nSPS) is 10.0. The van der Waals surface area contributed by atoms with Gasteiger partial charge in [0, 0.05) is 6.07 Å². The molecule has 0 bridgehead atoms. The summed E-state index contributed by atoms with van der Waals surface area (Å²) in [6, 6.07) is 6.07. The number of rotatable bonds is 3. The Kier molecular flexibility index (Phi) is 6.40. The van der Waals surface area contributed by atoms with Gasteiger partial charge in [0.1, 0.15) is 5.02 Å². The molecule has 0 atom stereocenters. The van der Waals surface area contributed by atoms with E-state index in [1.807, 2.05) is 0 Å². The highest BCUT2D eigenvalue weighted by molar-refractivity contribution is 7.89. The molecule has 0 aliphatic carbocycles. The molecule has 6 nitrogen and oxygen atoms in total. The summed E-state index contributed by atoms with van der Waals surface area (Å²) in [6.45, 7) is 3.19.